The van der Waals surface area contributed by atoms with E-state index in [0.717, 1.165) is 47.8 Å². The van der Waals surface area contributed by atoms with Crippen LogP contribution in [0.4, 0.5) is 5.82 Å². The lowest BCUT2D eigenvalue weighted by molar-refractivity contribution is -0.141. The third kappa shape index (κ3) is 3.49. The molecule has 1 amide bonds. The van der Waals surface area contributed by atoms with Gasteiger partial charge in [-0.3, -0.25) is 4.79 Å². The molecule has 0 radical (unpaired) electrons. The number of anilines is 1. The Hall–Kier alpha value is -2.51. The maximum Gasteiger partial charge on any atom is 0.251 e. The van der Waals surface area contributed by atoms with Gasteiger partial charge in [0.25, 0.3) is 5.91 Å². The molecular formula is C22H24N4O2S. The molecule has 7 heteroatoms. The summed E-state index contributed by atoms with van der Waals surface area (Å²) in [6.45, 7) is 5.60. The summed E-state index contributed by atoms with van der Waals surface area (Å²) in [4.78, 5) is 27.4. The first-order valence-electron chi connectivity index (χ1n) is 10.2. The summed E-state index contributed by atoms with van der Waals surface area (Å²) < 4.78 is 5.58. The Morgan fingerprint density at radius 1 is 1.14 bits per heavy atom. The number of aromatic nitrogens is 2. The molecule has 6 nitrogen and oxygen atoms in total. The van der Waals surface area contributed by atoms with Crippen LogP contribution in [-0.4, -0.2) is 59.7 Å². The summed E-state index contributed by atoms with van der Waals surface area (Å²) in [6, 6.07) is 10.4. The van der Waals surface area contributed by atoms with Crippen LogP contribution in [-0.2, 0) is 9.53 Å². The number of aryl methyl sites for hydroxylation is 1. The molecule has 2 aliphatic rings. The molecule has 2 fully saturated rings. The minimum Gasteiger partial charge on any atom is -0.368 e. The zero-order chi connectivity index (χ0) is 19.8. The number of thiophene rings is 1. The van der Waals surface area contributed by atoms with E-state index in [4.69, 9.17) is 9.72 Å². The molecular weight excluding hydrogens is 384 g/mol. The molecule has 150 valence electrons. The predicted octanol–water partition coefficient (Wildman–Crippen LogP) is 3.49. The fourth-order valence-electron chi connectivity index (χ4n) is 4.20. The lowest BCUT2D eigenvalue weighted by Crippen LogP contribution is -2.51. The van der Waals surface area contributed by atoms with Crippen molar-refractivity contribution < 1.29 is 9.53 Å². The number of nitrogens with zero attached hydrogens (tertiary/aromatic N) is 4. The third-order valence-electron chi connectivity index (χ3n) is 5.71. The van der Waals surface area contributed by atoms with Crippen molar-refractivity contribution >= 4 is 33.3 Å². The average molecular weight is 409 g/mol. The molecule has 0 spiro atoms. The zero-order valence-electron chi connectivity index (χ0n) is 16.5. The maximum absolute atomic E-state index is 12.7. The second kappa shape index (κ2) is 7.72. The molecule has 4 heterocycles. The van der Waals surface area contributed by atoms with Gasteiger partial charge in [0.05, 0.1) is 5.39 Å². The summed E-state index contributed by atoms with van der Waals surface area (Å²) in [6.07, 6.45) is 1.59. The van der Waals surface area contributed by atoms with Crippen molar-refractivity contribution in [2.24, 2.45) is 0 Å². The average Bonchev–Trinajstić information content (AvgIpc) is 3.44. The number of piperazine rings is 1. The van der Waals surface area contributed by atoms with Crippen LogP contribution in [0, 0.1) is 6.92 Å². The van der Waals surface area contributed by atoms with Gasteiger partial charge in [0.2, 0.25) is 0 Å². The van der Waals surface area contributed by atoms with E-state index >= 15 is 0 Å². The van der Waals surface area contributed by atoms with Gasteiger partial charge in [0.1, 0.15) is 22.6 Å². The molecule has 0 N–H and O–H groups in total. The highest BCUT2D eigenvalue weighted by molar-refractivity contribution is 7.17. The van der Waals surface area contributed by atoms with E-state index in [2.05, 4.69) is 39.5 Å². The number of amides is 1. The second-order valence-electron chi connectivity index (χ2n) is 7.60. The quantitative estimate of drug-likeness (QED) is 0.664. The van der Waals surface area contributed by atoms with Crippen molar-refractivity contribution in [2.75, 3.05) is 37.7 Å². The highest BCUT2D eigenvalue weighted by Crippen LogP contribution is 2.38. The van der Waals surface area contributed by atoms with Gasteiger partial charge in [-0.1, -0.05) is 30.3 Å². The maximum atomic E-state index is 12.7. The van der Waals surface area contributed by atoms with Gasteiger partial charge in [0.15, 0.2) is 0 Å². The number of carbonyl (C=O) groups excluding carboxylic acids is 1. The van der Waals surface area contributed by atoms with Gasteiger partial charge in [0, 0.05) is 43.7 Å². The molecule has 0 bridgehead atoms. The summed E-state index contributed by atoms with van der Waals surface area (Å²) in [7, 11) is 0. The van der Waals surface area contributed by atoms with E-state index in [-0.39, 0.29) is 12.0 Å². The molecule has 29 heavy (non-hydrogen) atoms. The van der Waals surface area contributed by atoms with E-state index in [1.54, 1.807) is 11.3 Å². The Bertz CT molecular complexity index is 1020. The topological polar surface area (TPSA) is 58.6 Å². The molecule has 2 saturated heterocycles. The van der Waals surface area contributed by atoms with E-state index in [1.807, 2.05) is 17.9 Å². The van der Waals surface area contributed by atoms with Crippen LogP contribution < -0.4 is 4.90 Å². The summed E-state index contributed by atoms with van der Waals surface area (Å²) in [5.74, 6) is 1.91. The van der Waals surface area contributed by atoms with Crippen LogP contribution >= 0.6 is 11.3 Å². The van der Waals surface area contributed by atoms with Gasteiger partial charge in [-0.05, 0) is 25.3 Å². The molecule has 0 saturated carbocycles. The molecule has 5 rings (SSSR count). The van der Waals surface area contributed by atoms with Gasteiger partial charge in [-0.2, -0.15) is 0 Å². The first-order valence-corrected chi connectivity index (χ1v) is 11.1. The third-order valence-corrected chi connectivity index (χ3v) is 6.58. The van der Waals surface area contributed by atoms with Gasteiger partial charge >= 0.3 is 0 Å². The van der Waals surface area contributed by atoms with E-state index in [1.165, 1.54) is 11.1 Å². The Morgan fingerprint density at radius 3 is 2.66 bits per heavy atom. The zero-order valence-corrected chi connectivity index (χ0v) is 17.3. The van der Waals surface area contributed by atoms with Crippen LogP contribution in [0.15, 0.2) is 35.7 Å². The number of hydrogen-bond donors (Lipinski definition) is 0. The minimum atomic E-state index is -0.240. The Balaban J connectivity index is 1.43. The summed E-state index contributed by atoms with van der Waals surface area (Å²) in [5.41, 5.74) is 2.36. The molecule has 2 aliphatic heterocycles. The van der Waals surface area contributed by atoms with Crippen LogP contribution in [0.1, 0.15) is 18.7 Å². The molecule has 2 aromatic heterocycles. The van der Waals surface area contributed by atoms with Crippen molar-refractivity contribution in [3.63, 3.8) is 0 Å². The number of benzene rings is 1. The Morgan fingerprint density at radius 2 is 1.93 bits per heavy atom. The molecule has 0 aliphatic carbocycles. The molecule has 3 aromatic rings. The molecule has 1 aromatic carbocycles. The summed E-state index contributed by atoms with van der Waals surface area (Å²) in [5, 5.41) is 3.29. The monoisotopic (exact) mass is 408 g/mol. The van der Waals surface area contributed by atoms with Crippen LogP contribution in [0.25, 0.3) is 21.3 Å². The largest absolute Gasteiger partial charge is 0.368 e. The number of fused-ring (bicyclic) bond motifs is 1. The summed E-state index contributed by atoms with van der Waals surface area (Å²) >= 11 is 1.66. The standard InChI is InChI=1S/C22H24N4O2S/c1-15-23-20(19-17(14-29-21(19)24-15)16-6-3-2-4-7-16)25-9-11-26(12-10-25)22(27)18-8-5-13-28-18/h2-4,6-7,14,18H,5,8-13H2,1H3. The Labute approximate surface area is 174 Å². The minimum absolute atomic E-state index is 0.145. The molecule has 1 unspecified atom stereocenters. The lowest BCUT2D eigenvalue weighted by atomic mass is 10.1. The fourth-order valence-corrected chi connectivity index (χ4v) is 5.19. The Kier molecular flexibility index (Phi) is 4.93. The highest BCUT2D eigenvalue weighted by atomic mass is 32.1. The second-order valence-corrected chi connectivity index (χ2v) is 8.46. The molecule has 1 atom stereocenters. The van der Waals surface area contributed by atoms with Crippen molar-refractivity contribution in [3.8, 4) is 11.1 Å². The smallest absolute Gasteiger partial charge is 0.251 e. The SMILES string of the molecule is Cc1nc(N2CCN(C(=O)C3CCCO3)CC2)c2c(-c3ccccc3)csc2n1. The van der Waals surface area contributed by atoms with Crippen LogP contribution in [0.2, 0.25) is 0 Å². The van der Waals surface area contributed by atoms with Crippen molar-refractivity contribution in [1.82, 2.24) is 14.9 Å². The van der Waals surface area contributed by atoms with Gasteiger partial charge in [-0.25, -0.2) is 9.97 Å². The van der Waals surface area contributed by atoms with E-state index in [9.17, 15) is 4.79 Å². The fraction of sp³-hybridized carbons (Fsp3) is 0.409. The first-order chi connectivity index (χ1) is 14.2. The van der Waals surface area contributed by atoms with Gasteiger partial charge < -0.3 is 14.5 Å². The van der Waals surface area contributed by atoms with Crippen LogP contribution in [0.5, 0.6) is 0 Å². The van der Waals surface area contributed by atoms with Crippen molar-refractivity contribution in [3.05, 3.63) is 41.5 Å². The first kappa shape index (κ1) is 18.5. The van der Waals surface area contributed by atoms with Gasteiger partial charge in [-0.15, -0.1) is 11.3 Å². The number of carbonyl (C=O) groups is 1. The normalized spacial score (nSPS) is 19.8. The van der Waals surface area contributed by atoms with Crippen LogP contribution in [0.3, 0.4) is 0 Å². The number of hydrogen-bond acceptors (Lipinski definition) is 6. The lowest BCUT2D eigenvalue weighted by Gasteiger charge is -2.36. The number of rotatable bonds is 3. The van der Waals surface area contributed by atoms with E-state index < -0.39 is 0 Å². The van der Waals surface area contributed by atoms with Crippen molar-refractivity contribution in [2.45, 2.75) is 25.9 Å². The van der Waals surface area contributed by atoms with Crippen molar-refractivity contribution in [1.29, 1.82) is 0 Å². The predicted molar refractivity (Wildman–Crippen MR) is 115 cm³/mol. The van der Waals surface area contributed by atoms with E-state index in [0.29, 0.717) is 19.7 Å². The number of ether oxygens (including phenoxy) is 1. The highest BCUT2D eigenvalue weighted by Gasteiger charge is 2.31.